The molecule has 7 nitrogen and oxygen atoms in total. The molecule has 11 heteroatoms. The third-order valence-corrected chi connectivity index (χ3v) is 7.56. The first-order valence-corrected chi connectivity index (χ1v) is 12.7. The lowest BCUT2D eigenvalue weighted by atomic mass is 10.0. The average molecular weight is 503 g/mol. The van der Waals surface area contributed by atoms with Crippen molar-refractivity contribution in [1.82, 2.24) is 19.7 Å². The quantitative estimate of drug-likeness (QED) is 0.473. The number of benzene rings is 1. The monoisotopic (exact) mass is 502 g/mol. The maximum atomic E-state index is 13.9. The highest BCUT2D eigenvalue weighted by atomic mass is 32.2. The van der Waals surface area contributed by atoms with Crippen LogP contribution in [0.1, 0.15) is 36.9 Å². The number of H-pyrrole nitrogens is 1. The number of aromatic nitrogens is 3. The summed E-state index contributed by atoms with van der Waals surface area (Å²) in [5.41, 5.74) is 1.02. The number of anilines is 2. The molecule has 1 aliphatic heterocycles. The summed E-state index contributed by atoms with van der Waals surface area (Å²) in [7, 11) is 0. The lowest BCUT2D eigenvalue weighted by Gasteiger charge is -2.35. The van der Waals surface area contributed by atoms with Gasteiger partial charge in [-0.2, -0.15) is 35.3 Å². The Labute approximate surface area is 204 Å². The van der Waals surface area contributed by atoms with E-state index < -0.39 is 12.2 Å². The molecule has 1 saturated carbocycles. The second-order valence-electron chi connectivity index (χ2n) is 8.97. The largest absolute Gasteiger partial charge is 0.408 e. The number of nitriles is 1. The molecule has 3 aromatic rings. The maximum Gasteiger partial charge on any atom is 0.408 e. The predicted molar refractivity (Wildman–Crippen MR) is 130 cm³/mol. The summed E-state index contributed by atoms with van der Waals surface area (Å²) in [6.45, 7) is 0.789. The van der Waals surface area contributed by atoms with Gasteiger partial charge in [0, 0.05) is 36.5 Å². The molecule has 0 bridgehead atoms. The molecular formula is C24H25F3N6OS. The molecule has 2 atom stereocenters. The molecule has 1 aromatic carbocycles. The van der Waals surface area contributed by atoms with Crippen LogP contribution in [0, 0.1) is 17.2 Å². The lowest BCUT2D eigenvalue weighted by Crippen LogP contribution is -2.42. The molecule has 2 aliphatic rings. The van der Waals surface area contributed by atoms with Crippen molar-refractivity contribution < 1.29 is 13.2 Å². The Hall–Kier alpha value is -2.97. The number of nitrogens with one attached hydrogen (secondary N) is 2. The van der Waals surface area contributed by atoms with Gasteiger partial charge in [0.25, 0.3) is 5.56 Å². The molecule has 2 fully saturated rings. The Morgan fingerprint density at radius 1 is 1.20 bits per heavy atom. The van der Waals surface area contributed by atoms with E-state index in [0.717, 1.165) is 12.8 Å². The first-order chi connectivity index (χ1) is 16.9. The van der Waals surface area contributed by atoms with Crippen LogP contribution in [0.15, 0.2) is 41.3 Å². The molecule has 5 rings (SSSR count). The van der Waals surface area contributed by atoms with Crippen LogP contribution < -0.4 is 10.9 Å². The summed E-state index contributed by atoms with van der Waals surface area (Å²) < 4.78 is 43.5. The summed E-state index contributed by atoms with van der Waals surface area (Å²) in [5.74, 6) is 2.03. The molecule has 0 amide bonds. The number of aromatic amines is 1. The van der Waals surface area contributed by atoms with Gasteiger partial charge in [-0.05, 0) is 42.5 Å². The van der Waals surface area contributed by atoms with E-state index in [1.54, 1.807) is 40.8 Å². The number of pyridine rings is 1. The molecule has 1 saturated heterocycles. The van der Waals surface area contributed by atoms with Crippen molar-refractivity contribution in [3.8, 4) is 6.07 Å². The Morgan fingerprint density at radius 2 is 1.91 bits per heavy atom. The van der Waals surface area contributed by atoms with Crippen LogP contribution in [-0.4, -0.2) is 50.4 Å². The van der Waals surface area contributed by atoms with Crippen molar-refractivity contribution in [3.05, 3.63) is 52.4 Å². The summed E-state index contributed by atoms with van der Waals surface area (Å²) in [5, 5.41) is 17.4. The second-order valence-corrected chi connectivity index (χ2v) is 10.2. The Balaban J connectivity index is 1.45. The van der Waals surface area contributed by atoms with E-state index in [1.165, 1.54) is 17.0 Å². The minimum absolute atomic E-state index is 0.127. The summed E-state index contributed by atoms with van der Waals surface area (Å²) in [4.78, 5) is 16.8. The zero-order valence-electron chi connectivity index (χ0n) is 18.9. The van der Waals surface area contributed by atoms with Gasteiger partial charge in [-0.3, -0.25) is 14.4 Å². The van der Waals surface area contributed by atoms with Gasteiger partial charge in [0.1, 0.15) is 11.4 Å². The number of hydrogen-bond acceptors (Lipinski definition) is 6. The van der Waals surface area contributed by atoms with Crippen molar-refractivity contribution in [1.29, 1.82) is 5.26 Å². The number of hydrogen-bond donors (Lipinski definition) is 2. The minimum Gasteiger partial charge on any atom is -0.338 e. The number of nitrogens with zero attached hydrogens (tertiary/aromatic N) is 4. The van der Waals surface area contributed by atoms with Crippen LogP contribution in [-0.2, 0) is 0 Å². The summed E-state index contributed by atoms with van der Waals surface area (Å²) >= 11 is 1.67. The molecule has 3 heterocycles. The van der Waals surface area contributed by atoms with Crippen molar-refractivity contribution in [2.24, 2.45) is 5.92 Å². The highest BCUT2D eigenvalue weighted by Crippen LogP contribution is 2.43. The molecule has 0 unspecified atom stereocenters. The second kappa shape index (κ2) is 9.59. The van der Waals surface area contributed by atoms with Gasteiger partial charge in [-0.25, -0.2) is 0 Å². The Bertz CT molecular complexity index is 1290. The van der Waals surface area contributed by atoms with E-state index in [4.69, 9.17) is 0 Å². The number of alkyl halides is 3. The molecular weight excluding hydrogens is 477 g/mol. The molecule has 1 aliphatic carbocycles. The van der Waals surface area contributed by atoms with Crippen LogP contribution in [0.4, 0.5) is 24.7 Å². The van der Waals surface area contributed by atoms with Gasteiger partial charge in [-0.1, -0.05) is 12.1 Å². The van der Waals surface area contributed by atoms with Crippen LogP contribution in [0.5, 0.6) is 0 Å². The van der Waals surface area contributed by atoms with Crippen molar-refractivity contribution in [2.75, 3.05) is 29.9 Å². The van der Waals surface area contributed by atoms with Gasteiger partial charge < -0.3 is 10.3 Å². The maximum absolute atomic E-state index is 13.9. The fourth-order valence-electron chi connectivity index (χ4n) is 4.80. The van der Waals surface area contributed by atoms with Crippen molar-refractivity contribution in [2.45, 2.75) is 37.5 Å². The average Bonchev–Trinajstić information content (AvgIpc) is 3.61. The number of rotatable bonds is 7. The van der Waals surface area contributed by atoms with Crippen LogP contribution in [0.25, 0.3) is 10.9 Å². The number of halogens is 3. The van der Waals surface area contributed by atoms with E-state index in [-0.39, 0.29) is 23.6 Å². The minimum atomic E-state index is -4.38. The first kappa shape index (κ1) is 23.8. The van der Waals surface area contributed by atoms with Crippen molar-refractivity contribution >= 4 is 34.2 Å². The van der Waals surface area contributed by atoms with E-state index in [1.807, 2.05) is 0 Å². The number of fused-ring (bicyclic) bond motifs is 1. The van der Waals surface area contributed by atoms with E-state index in [9.17, 15) is 23.2 Å². The predicted octanol–water partition coefficient (Wildman–Crippen LogP) is 4.99. The fourth-order valence-corrected chi connectivity index (χ4v) is 5.73. The summed E-state index contributed by atoms with van der Waals surface area (Å²) in [6.07, 6.45) is -0.517. The van der Waals surface area contributed by atoms with Crippen molar-refractivity contribution in [3.63, 3.8) is 0 Å². The Morgan fingerprint density at radius 3 is 2.54 bits per heavy atom. The summed E-state index contributed by atoms with van der Waals surface area (Å²) in [6, 6.07) is 8.33. The molecule has 35 heavy (non-hydrogen) atoms. The smallest absolute Gasteiger partial charge is 0.338 e. The fraction of sp³-hybridized carbons (Fsp3) is 0.458. The number of thioether (sulfide) groups is 1. The third kappa shape index (κ3) is 4.90. The van der Waals surface area contributed by atoms with E-state index in [2.05, 4.69) is 21.5 Å². The van der Waals surface area contributed by atoms with Gasteiger partial charge in [-0.15, -0.1) is 0 Å². The SMILES string of the molecule is N#CC[C@@H](C1CC1)n1nc(Nc2ccc([C@@H](N3CCSCC3)C(F)(F)F)cc2)c2c(=O)[nH]ccc21. The zero-order chi connectivity index (χ0) is 24.6. The first-order valence-electron chi connectivity index (χ1n) is 11.6. The third-order valence-electron chi connectivity index (χ3n) is 6.62. The van der Waals surface area contributed by atoms with Gasteiger partial charge in [0.05, 0.1) is 24.0 Å². The topological polar surface area (TPSA) is 89.7 Å². The molecule has 0 spiro atoms. The van der Waals surface area contributed by atoms with E-state index >= 15 is 0 Å². The van der Waals surface area contributed by atoms with Gasteiger partial charge in [0.2, 0.25) is 0 Å². The molecule has 184 valence electrons. The van der Waals surface area contributed by atoms with Crippen LogP contribution >= 0.6 is 11.8 Å². The van der Waals surface area contributed by atoms with Crippen LogP contribution in [0.3, 0.4) is 0 Å². The molecule has 0 radical (unpaired) electrons. The lowest BCUT2D eigenvalue weighted by molar-refractivity contribution is -0.185. The Kier molecular flexibility index (Phi) is 6.51. The zero-order valence-corrected chi connectivity index (χ0v) is 19.7. The highest BCUT2D eigenvalue weighted by molar-refractivity contribution is 7.99. The van der Waals surface area contributed by atoms with Crippen LogP contribution in [0.2, 0.25) is 0 Å². The highest BCUT2D eigenvalue weighted by Gasteiger charge is 2.45. The molecule has 2 aromatic heterocycles. The normalized spacial score (nSPS) is 18.8. The molecule has 2 N–H and O–H groups in total. The van der Waals surface area contributed by atoms with E-state index in [0.29, 0.717) is 52.9 Å². The van der Waals surface area contributed by atoms with Gasteiger partial charge in [0.15, 0.2) is 5.82 Å². The standard InChI is InChI=1S/C24H25F3N6OS/c25-24(26,27)21(32-11-13-35-14-12-32)16-3-5-17(6-4-16)30-22-20-19(8-10-29-23(20)34)33(31-22)18(7-9-28)15-1-2-15/h3-6,8,10,15,18,21H,1-2,7,11-14H2,(H,29,34)(H,30,31)/t18-,21+/m0/s1. The van der Waals surface area contributed by atoms with Gasteiger partial charge >= 0.3 is 6.18 Å².